The van der Waals surface area contributed by atoms with Gasteiger partial charge in [-0.2, -0.15) is 0 Å². The Hall–Kier alpha value is -6.96. The Bertz CT molecular complexity index is 3890. The van der Waals surface area contributed by atoms with Gasteiger partial charge in [-0.1, -0.05) is 269 Å². The van der Waals surface area contributed by atoms with E-state index in [9.17, 15) is 0 Å². The fourth-order valence-corrected chi connectivity index (χ4v) is 14.3. The quantitative estimate of drug-likeness (QED) is 0.0781. The minimum absolute atomic E-state index is 0. The SMILES string of the molecule is CCCCCCc1cccc(C2(c3cccc(CCCCCC)c3)c3ccccc3-c3cc4nc(-c5[c-]cc6c(c5)C5(c7cc(-c8ccccc8)ccc7-6)c6cc(C(C)(C)C)ccc6-c6ccc(C(C)(C)C)cc65)ccc4cc32)c1.[Ir]. The van der Waals surface area contributed by atoms with E-state index in [0.717, 1.165) is 35.0 Å². The molecule has 10 aromatic rings. The summed E-state index contributed by atoms with van der Waals surface area (Å²) in [4.78, 5) is 5.71. The molecule has 81 heavy (non-hydrogen) atoms. The maximum absolute atomic E-state index is 5.71. The zero-order valence-electron chi connectivity index (χ0n) is 48.8. The monoisotopic (exact) mass is 1230 g/mol. The van der Waals surface area contributed by atoms with E-state index in [1.165, 1.54) is 163 Å². The molecule has 13 rings (SSSR count). The second-order valence-corrected chi connectivity index (χ2v) is 25.7. The number of fused-ring (bicyclic) bond motifs is 14. The van der Waals surface area contributed by atoms with E-state index in [2.05, 4.69) is 256 Å². The number of benzene rings is 9. The summed E-state index contributed by atoms with van der Waals surface area (Å²) in [7, 11) is 0. The molecule has 3 aliphatic carbocycles. The molecule has 1 heterocycles. The van der Waals surface area contributed by atoms with Crippen molar-refractivity contribution in [2.75, 3.05) is 0 Å². The summed E-state index contributed by atoms with van der Waals surface area (Å²) in [6, 6.07) is 79.5. The van der Waals surface area contributed by atoms with Crippen LogP contribution in [0.1, 0.15) is 174 Å². The fourth-order valence-electron chi connectivity index (χ4n) is 14.3. The van der Waals surface area contributed by atoms with Crippen molar-refractivity contribution in [3.63, 3.8) is 0 Å². The van der Waals surface area contributed by atoms with E-state index in [1.807, 2.05) is 0 Å². The van der Waals surface area contributed by atoms with Gasteiger partial charge in [-0.3, -0.25) is 4.98 Å². The molecule has 1 spiro atoms. The second kappa shape index (κ2) is 21.4. The number of rotatable bonds is 14. The molecule has 0 N–H and O–H groups in total. The molecule has 0 unspecified atom stereocenters. The van der Waals surface area contributed by atoms with Crippen LogP contribution >= 0.6 is 0 Å². The number of aryl methyl sites for hydroxylation is 2. The van der Waals surface area contributed by atoms with Gasteiger partial charge in [0.05, 0.1) is 16.3 Å². The third-order valence-corrected chi connectivity index (χ3v) is 18.5. The van der Waals surface area contributed by atoms with Crippen LogP contribution in [-0.2, 0) is 54.6 Å². The van der Waals surface area contributed by atoms with Crippen LogP contribution in [0.2, 0.25) is 0 Å². The van der Waals surface area contributed by atoms with Crippen LogP contribution in [0.15, 0.2) is 194 Å². The first kappa shape index (κ1) is 54.6. The molecule has 0 bridgehead atoms. The van der Waals surface area contributed by atoms with Gasteiger partial charge in [0.1, 0.15) is 0 Å². The van der Waals surface area contributed by atoms with Crippen molar-refractivity contribution in [3.05, 3.63) is 267 Å². The van der Waals surface area contributed by atoms with Crippen LogP contribution in [0.3, 0.4) is 0 Å². The normalized spacial score (nSPS) is 14.0. The second-order valence-electron chi connectivity index (χ2n) is 25.7. The minimum atomic E-state index is -0.573. The van der Waals surface area contributed by atoms with Gasteiger partial charge < -0.3 is 0 Å². The van der Waals surface area contributed by atoms with Gasteiger partial charge in [0, 0.05) is 20.1 Å². The number of nitrogens with zero attached hydrogens (tertiary/aromatic N) is 1. The molecule has 9 aromatic carbocycles. The van der Waals surface area contributed by atoms with Gasteiger partial charge in [-0.15, -0.1) is 29.3 Å². The molecular formula is C79H76IrN-. The van der Waals surface area contributed by atoms with Gasteiger partial charge in [-0.25, -0.2) is 0 Å². The first-order valence-corrected chi connectivity index (χ1v) is 30.1. The van der Waals surface area contributed by atoms with Crippen LogP contribution < -0.4 is 0 Å². The Balaban J connectivity index is 0.00000651. The summed E-state index contributed by atoms with van der Waals surface area (Å²) < 4.78 is 0. The van der Waals surface area contributed by atoms with E-state index in [4.69, 9.17) is 4.98 Å². The Kier molecular flexibility index (Phi) is 14.4. The van der Waals surface area contributed by atoms with Gasteiger partial charge in [0.15, 0.2) is 0 Å². The third kappa shape index (κ3) is 9.12. The van der Waals surface area contributed by atoms with E-state index >= 15 is 0 Å². The average Bonchev–Trinajstić information content (AvgIpc) is 4.25. The topological polar surface area (TPSA) is 12.9 Å². The molecule has 0 amide bonds. The van der Waals surface area contributed by atoms with Crippen molar-refractivity contribution in [2.24, 2.45) is 0 Å². The molecule has 0 fully saturated rings. The number of hydrogen-bond acceptors (Lipinski definition) is 1. The Labute approximate surface area is 496 Å². The number of hydrogen-bond donors (Lipinski definition) is 0. The zero-order valence-corrected chi connectivity index (χ0v) is 51.2. The third-order valence-electron chi connectivity index (χ3n) is 18.5. The van der Waals surface area contributed by atoms with Crippen molar-refractivity contribution >= 4 is 10.9 Å². The van der Waals surface area contributed by atoms with Crippen LogP contribution in [0.4, 0.5) is 0 Å². The van der Waals surface area contributed by atoms with Crippen LogP contribution in [0.25, 0.3) is 66.7 Å². The standard InChI is InChI=1S/C79H76N.Ir/c1-9-11-13-16-24-52-26-22-30-60(44-52)78(61-31-23-27-53(45-61)25-17-14-12-10-2)68-33-21-20-32-62(68)67-51-75-57(48-71(67)78)36-43-74(80-75)56-35-40-64-63-39-34-55(54-28-18-15-19-29-54)46-69(63)79(70(64)47-56)72-49-58(76(3,4)5)37-41-65(72)66-42-38-59(50-73(66)79)77(6,7)8;/h15,18-23,26-34,36-51H,9-14,16-17,24-25H2,1-8H3;/q-1;. The van der Waals surface area contributed by atoms with Crippen molar-refractivity contribution < 1.29 is 20.1 Å². The molecule has 0 atom stereocenters. The average molecular weight is 1230 g/mol. The van der Waals surface area contributed by atoms with Gasteiger partial charge >= 0.3 is 0 Å². The Morgan fingerprint density at radius 2 is 0.938 bits per heavy atom. The van der Waals surface area contributed by atoms with Crippen LogP contribution in [0, 0.1) is 6.07 Å². The van der Waals surface area contributed by atoms with E-state index < -0.39 is 10.8 Å². The molecule has 2 heteroatoms. The van der Waals surface area contributed by atoms with Gasteiger partial charge in [0.25, 0.3) is 0 Å². The molecule has 1 aromatic heterocycles. The molecule has 3 aliphatic rings. The number of pyridine rings is 1. The zero-order chi connectivity index (χ0) is 55.0. The molecule has 407 valence electrons. The molecule has 0 saturated heterocycles. The van der Waals surface area contributed by atoms with Crippen molar-refractivity contribution in [1.82, 2.24) is 4.98 Å². The fraction of sp³-hybridized carbons (Fsp3) is 0.278. The first-order chi connectivity index (χ1) is 38.8. The summed E-state index contributed by atoms with van der Waals surface area (Å²) >= 11 is 0. The molecule has 0 saturated carbocycles. The smallest absolute Gasteiger partial charge is 0.0714 e. The van der Waals surface area contributed by atoms with Gasteiger partial charge in [-0.05, 0) is 160 Å². The summed E-state index contributed by atoms with van der Waals surface area (Å²) in [6.45, 7) is 18.7. The van der Waals surface area contributed by atoms with Gasteiger partial charge in [0.2, 0.25) is 0 Å². The summed E-state index contributed by atoms with van der Waals surface area (Å²) in [5, 5.41) is 1.15. The molecule has 1 nitrogen and oxygen atoms in total. The first-order valence-electron chi connectivity index (χ1n) is 30.1. The van der Waals surface area contributed by atoms with E-state index in [0.29, 0.717) is 0 Å². The Morgan fingerprint density at radius 3 is 1.56 bits per heavy atom. The maximum Gasteiger partial charge on any atom is 0.0714 e. The van der Waals surface area contributed by atoms with Crippen molar-refractivity contribution in [2.45, 2.75) is 141 Å². The van der Waals surface area contributed by atoms with Crippen molar-refractivity contribution in [3.8, 4) is 55.8 Å². The Morgan fingerprint density at radius 1 is 0.395 bits per heavy atom. The molecular weight excluding hydrogens is 1160 g/mol. The van der Waals surface area contributed by atoms with E-state index in [-0.39, 0.29) is 30.9 Å². The van der Waals surface area contributed by atoms with E-state index in [1.54, 1.807) is 0 Å². The van der Waals surface area contributed by atoms with Crippen LogP contribution in [0.5, 0.6) is 0 Å². The van der Waals surface area contributed by atoms with Crippen molar-refractivity contribution in [1.29, 1.82) is 0 Å². The summed E-state index contributed by atoms with van der Waals surface area (Å²) in [5.74, 6) is 0. The largest absolute Gasteiger partial charge is 0.296 e. The van der Waals surface area contributed by atoms with Crippen LogP contribution in [-0.4, -0.2) is 4.98 Å². The number of aromatic nitrogens is 1. The predicted octanol–water partition coefficient (Wildman–Crippen LogP) is 20.9. The number of unbranched alkanes of at least 4 members (excludes halogenated alkanes) is 6. The molecule has 0 aliphatic heterocycles. The molecule has 1 radical (unpaired) electrons. The summed E-state index contributed by atoms with van der Waals surface area (Å²) in [6.07, 6.45) is 12.2. The summed E-state index contributed by atoms with van der Waals surface area (Å²) in [5.41, 5.74) is 28.3. The maximum atomic E-state index is 5.71. The minimum Gasteiger partial charge on any atom is -0.296 e. The predicted molar refractivity (Wildman–Crippen MR) is 338 cm³/mol.